The van der Waals surface area contributed by atoms with Crippen molar-refractivity contribution in [3.63, 3.8) is 0 Å². The zero-order chi connectivity index (χ0) is 12.3. The normalized spacial score (nSPS) is 17.9. The Morgan fingerprint density at radius 2 is 2.00 bits per heavy atom. The van der Waals surface area contributed by atoms with Crippen LogP contribution in [0.4, 0.5) is 5.69 Å². The van der Waals surface area contributed by atoms with Gasteiger partial charge >= 0.3 is 0 Å². The van der Waals surface area contributed by atoms with E-state index in [4.69, 9.17) is 0 Å². The summed E-state index contributed by atoms with van der Waals surface area (Å²) >= 11 is 0. The average molecular weight is 233 g/mol. The van der Waals surface area contributed by atoms with Crippen LogP contribution in [-0.4, -0.2) is 18.3 Å². The van der Waals surface area contributed by atoms with Crippen LogP contribution < -0.4 is 5.32 Å². The number of para-hydroxylation sites is 1. The summed E-state index contributed by atoms with van der Waals surface area (Å²) in [6.07, 6.45) is 3.56. The van der Waals surface area contributed by atoms with Crippen molar-refractivity contribution >= 4 is 5.69 Å². The Bertz CT molecular complexity index is 363. The summed E-state index contributed by atoms with van der Waals surface area (Å²) in [5.74, 6) is 0.533. The monoisotopic (exact) mass is 233 g/mol. The third kappa shape index (κ3) is 2.63. The predicted molar refractivity (Wildman–Crippen MR) is 72.4 cm³/mol. The van der Waals surface area contributed by atoms with Crippen molar-refractivity contribution in [2.75, 3.05) is 18.5 Å². The fraction of sp³-hybridized carbons (Fsp3) is 0.600. The standard InChI is InChI=1S/C15H23NO/c1-12(2)13-6-3-4-7-14(13)16-10-15(11-17)8-5-9-15/h3-4,6-7,12,16-17H,5,8-11H2,1-2H3. The summed E-state index contributed by atoms with van der Waals surface area (Å²) in [6, 6.07) is 8.48. The molecule has 0 saturated heterocycles. The van der Waals surface area contributed by atoms with E-state index in [-0.39, 0.29) is 5.41 Å². The molecule has 0 aliphatic heterocycles. The van der Waals surface area contributed by atoms with Crippen LogP contribution in [0.5, 0.6) is 0 Å². The molecule has 0 amide bonds. The largest absolute Gasteiger partial charge is 0.396 e. The molecule has 0 radical (unpaired) electrons. The quantitative estimate of drug-likeness (QED) is 0.817. The number of aliphatic hydroxyl groups excluding tert-OH is 1. The molecular formula is C15H23NO. The van der Waals surface area contributed by atoms with Gasteiger partial charge in [0, 0.05) is 17.6 Å². The van der Waals surface area contributed by atoms with Gasteiger partial charge in [-0.25, -0.2) is 0 Å². The third-order valence-corrected chi connectivity index (χ3v) is 3.99. The lowest BCUT2D eigenvalue weighted by Crippen LogP contribution is -2.39. The van der Waals surface area contributed by atoms with Crippen molar-refractivity contribution in [3.8, 4) is 0 Å². The van der Waals surface area contributed by atoms with Crippen LogP contribution >= 0.6 is 0 Å². The van der Waals surface area contributed by atoms with Gasteiger partial charge in [0.2, 0.25) is 0 Å². The lowest BCUT2D eigenvalue weighted by molar-refractivity contribution is 0.0576. The number of rotatable bonds is 5. The minimum Gasteiger partial charge on any atom is -0.396 e. The van der Waals surface area contributed by atoms with Gasteiger partial charge in [-0.15, -0.1) is 0 Å². The van der Waals surface area contributed by atoms with E-state index in [1.165, 1.54) is 17.7 Å². The van der Waals surface area contributed by atoms with Crippen LogP contribution in [0.15, 0.2) is 24.3 Å². The molecular weight excluding hydrogens is 210 g/mol. The van der Waals surface area contributed by atoms with E-state index in [0.717, 1.165) is 19.4 Å². The molecule has 94 valence electrons. The molecule has 2 N–H and O–H groups in total. The maximum atomic E-state index is 9.45. The number of nitrogens with one attached hydrogen (secondary N) is 1. The second-order valence-electron chi connectivity index (χ2n) is 5.61. The van der Waals surface area contributed by atoms with Crippen LogP contribution in [0, 0.1) is 5.41 Å². The zero-order valence-electron chi connectivity index (χ0n) is 10.9. The summed E-state index contributed by atoms with van der Waals surface area (Å²) < 4.78 is 0. The van der Waals surface area contributed by atoms with Crippen LogP contribution in [0.25, 0.3) is 0 Å². The van der Waals surface area contributed by atoms with E-state index in [1.54, 1.807) is 0 Å². The van der Waals surface area contributed by atoms with Crippen molar-refractivity contribution in [2.45, 2.75) is 39.0 Å². The molecule has 2 nitrogen and oxygen atoms in total. The van der Waals surface area contributed by atoms with E-state index in [0.29, 0.717) is 12.5 Å². The van der Waals surface area contributed by atoms with Crippen molar-refractivity contribution in [3.05, 3.63) is 29.8 Å². The van der Waals surface area contributed by atoms with Crippen molar-refractivity contribution in [2.24, 2.45) is 5.41 Å². The van der Waals surface area contributed by atoms with Crippen LogP contribution in [0.1, 0.15) is 44.6 Å². The molecule has 1 aromatic carbocycles. The summed E-state index contributed by atoms with van der Waals surface area (Å²) in [6.45, 7) is 5.63. The van der Waals surface area contributed by atoms with E-state index < -0.39 is 0 Å². The van der Waals surface area contributed by atoms with Gasteiger partial charge in [-0.05, 0) is 30.4 Å². The lowest BCUT2D eigenvalue weighted by Gasteiger charge is -2.40. The Hall–Kier alpha value is -1.02. The minimum absolute atomic E-state index is 0.143. The molecule has 1 aromatic rings. The molecule has 1 aliphatic rings. The molecule has 17 heavy (non-hydrogen) atoms. The molecule has 1 aliphatic carbocycles. The molecule has 0 heterocycles. The number of hydrogen-bond donors (Lipinski definition) is 2. The average Bonchev–Trinajstić information content (AvgIpc) is 2.28. The first-order chi connectivity index (χ1) is 8.17. The van der Waals surface area contributed by atoms with E-state index in [1.807, 2.05) is 0 Å². The van der Waals surface area contributed by atoms with Crippen molar-refractivity contribution in [1.82, 2.24) is 0 Å². The highest BCUT2D eigenvalue weighted by Gasteiger charge is 2.36. The lowest BCUT2D eigenvalue weighted by atomic mass is 9.69. The van der Waals surface area contributed by atoms with Gasteiger partial charge in [-0.3, -0.25) is 0 Å². The SMILES string of the molecule is CC(C)c1ccccc1NCC1(CO)CCC1. The zero-order valence-corrected chi connectivity index (χ0v) is 10.9. The number of benzene rings is 1. The molecule has 1 saturated carbocycles. The maximum absolute atomic E-state index is 9.45. The summed E-state index contributed by atoms with van der Waals surface area (Å²) in [4.78, 5) is 0. The van der Waals surface area contributed by atoms with E-state index in [9.17, 15) is 5.11 Å². The van der Waals surface area contributed by atoms with Crippen LogP contribution in [0.2, 0.25) is 0 Å². The summed E-state index contributed by atoms with van der Waals surface area (Å²) in [5, 5.41) is 13.0. The molecule has 0 unspecified atom stereocenters. The van der Waals surface area contributed by atoms with Gasteiger partial charge in [-0.1, -0.05) is 38.5 Å². The summed E-state index contributed by atoms with van der Waals surface area (Å²) in [5.41, 5.74) is 2.73. The highest BCUT2D eigenvalue weighted by molar-refractivity contribution is 5.52. The first-order valence-electron chi connectivity index (χ1n) is 6.60. The molecule has 2 rings (SSSR count). The first-order valence-corrected chi connectivity index (χ1v) is 6.60. The second kappa shape index (κ2) is 5.09. The summed E-state index contributed by atoms with van der Waals surface area (Å²) in [7, 11) is 0. The number of anilines is 1. The Balaban J connectivity index is 2.03. The Kier molecular flexibility index (Phi) is 3.72. The molecule has 0 spiro atoms. The highest BCUT2D eigenvalue weighted by atomic mass is 16.3. The van der Waals surface area contributed by atoms with Crippen molar-refractivity contribution < 1.29 is 5.11 Å². The number of aliphatic hydroxyl groups is 1. The van der Waals surface area contributed by atoms with Crippen molar-refractivity contribution in [1.29, 1.82) is 0 Å². The molecule has 1 fully saturated rings. The van der Waals surface area contributed by atoms with Crippen LogP contribution in [-0.2, 0) is 0 Å². The topological polar surface area (TPSA) is 32.3 Å². The predicted octanol–water partition coefficient (Wildman–Crippen LogP) is 3.38. The van der Waals surface area contributed by atoms with Gasteiger partial charge in [-0.2, -0.15) is 0 Å². The Labute approximate surface area is 104 Å². The molecule has 0 aromatic heterocycles. The van der Waals surface area contributed by atoms with Gasteiger partial charge < -0.3 is 10.4 Å². The highest BCUT2D eigenvalue weighted by Crippen LogP contribution is 2.40. The van der Waals surface area contributed by atoms with Gasteiger partial charge in [0.15, 0.2) is 0 Å². The maximum Gasteiger partial charge on any atom is 0.0504 e. The molecule has 0 bridgehead atoms. The Morgan fingerprint density at radius 3 is 2.53 bits per heavy atom. The molecule has 2 heteroatoms. The van der Waals surface area contributed by atoms with E-state index in [2.05, 4.69) is 43.4 Å². The minimum atomic E-state index is 0.143. The number of hydrogen-bond acceptors (Lipinski definition) is 2. The van der Waals surface area contributed by atoms with Gasteiger partial charge in [0.1, 0.15) is 0 Å². The molecule has 0 atom stereocenters. The fourth-order valence-corrected chi connectivity index (χ4v) is 2.51. The second-order valence-corrected chi connectivity index (χ2v) is 5.61. The first kappa shape index (κ1) is 12.4. The van der Waals surface area contributed by atoms with Gasteiger partial charge in [0.05, 0.1) is 6.61 Å². The fourth-order valence-electron chi connectivity index (χ4n) is 2.51. The smallest absolute Gasteiger partial charge is 0.0504 e. The Morgan fingerprint density at radius 1 is 1.29 bits per heavy atom. The van der Waals surface area contributed by atoms with E-state index >= 15 is 0 Å². The third-order valence-electron chi connectivity index (χ3n) is 3.99. The van der Waals surface area contributed by atoms with Gasteiger partial charge in [0.25, 0.3) is 0 Å². The van der Waals surface area contributed by atoms with Crippen LogP contribution in [0.3, 0.4) is 0 Å².